The van der Waals surface area contributed by atoms with Gasteiger partial charge in [0.25, 0.3) is 0 Å². The van der Waals surface area contributed by atoms with Gasteiger partial charge in [0.05, 0.1) is 0 Å². The number of aromatic nitrogens is 1. The highest BCUT2D eigenvalue weighted by atomic mass is 32.2. The van der Waals surface area contributed by atoms with Gasteiger partial charge in [0, 0.05) is 18.2 Å². The van der Waals surface area contributed by atoms with E-state index in [4.69, 9.17) is 5.73 Å². The second-order valence-electron chi connectivity index (χ2n) is 4.42. The molecule has 100 valence electrons. The number of hydrogen-bond donors (Lipinski definition) is 2. The number of nitrogens with one attached hydrogen (secondary N) is 1. The van der Waals surface area contributed by atoms with Crippen molar-refractivity contribution in [2.75, 3.05) is 6.54 Å². The van der Waals surface area contributed by atoms with E-state index in [1.54, 1.807) is 13.8 Å². The van der Waals surface area contributed by atoms with E-state index in [9.17, 15) is 18.5 Å². The molecule has 1 aromatic heterocycles. The fourth-order valence-corrected chi connectivity index (χ4v) is 2.17. The molecule has 0 aliphatic rings. The minimum absolute atomic E-state index is 0.0479. The van der Waals surface area contributed by atoms with E-state index in [0.717, 1.165) is 18.3 Å². The molecule has 0 unspecified atom stereocenters. The Hall–Kier alpha value is -1.58. The number of nitro groups is 1. The number of hydrogen-bond acceptors (Lipinski definition) is 6. The lowest BCUT2D eigenvalue weighted by Crippen LogP contribution is -2.45. The van der Waals surface area contributed by atoms with Crippen molar-refractivity contribution >= 4 is 15.8 Å². The molecular weight excluding hydrogens is 260 g/mol. The number of rotatable bonds is 5. The summed E-state index contributed by atoms with van der Waals surface area (Å²) in [6.45, 7) is 3.39. The van der Waals surface area contributed by atoms with Crippen molar-refractivity contribution in [3.05, 3.63) is 28.4 Å². The van der Waals surface area contributed by atoms with Crippen molar-refractivity contribution < 1.29 is 13.3 Å². The van der Waals surface area contributed by atoms with Gasteiger partial charge in [-0.05, 0) is 29.8 Å². The number of nitrogens with two attached hydrogens (primary N) is 1. The molecule has 0 spiro atoms. The van der Waals surface area contributed by atoms with E-state index in [-0.39, 0.29) is 11.4 Å². The van der Waals surface area contributed by atoms with E-state index >= 15 is 0 Å². The van der Waals surface area contributed by atoms with Crippen LogP contribution in [0.15, 0.2) is 23.2 Å². The van der Waals surface area contributed by atoms with Crippen LogP contribution in [0.3, 0.4) is 0 Å². The van der Waals surface area contributed by atoms with Crippen molar-refractivity contribution in [3.63, 3.8) is 0 Å². The lowest BCUT2D eigenvalue weighted by molar-refractivity contribution is -0.389. The third-order valence-corrected chi connectivity index (χ3v) is 3.32. The van der Waals surface area contributed by atoms with Gasteiger partial charge in [0.2, 0.25) is 10.0 Å². The maximum absolute atomic E-state index is 11.8. The van der Waals surface area contributed by atoms with Gasteiger partial charge in [0.1, 0.15) is 4.90 Å². The fraction of sp³-hybridized carbons (Fsp3) is 0.444. The first kappa shape index (κ1) is 14.5. The molecule has 3 N–H and O–H groups in total. The third-order valence-electron chi connectivity index (χ3n) is 1.94. The molecule has 0 radical (unpaired) electrons. The summed E-state index contributed by atoms with van der Waals surface area (Å²) in [6.07, 6.45) is 0.935. The average molecular weight is 274 g/mol. The highest BCUT2D eigenvalue weighted by Crippen LogP contribution is 2.12. The van der Waals surface area contributed by atoms with Gasteiger partial charge in [-0.25, -0.2) is 13.1 Å². The van der Waals surface area contributed by atoms with Crippen LogP contribution in [0, 0.1) is 10.1 Å². The molecule has 0 saturated carbocycles. The molecule has 0 aromatic carbocycles. The Balaban J connectivity index is 2.89. The van der Waals surface area contributed by atoms with Crippen LogP contribution in [0.4, 0.5) is 5.82 Å². The van der Waals surface area contributed by atoms with E-state index < -0.39 is 26.3 Å². The number of sulfonamides is 1. The molecule has 0 aliphatic carbocycles. The lowest BCUT2D eigenvalue weighted by atomic mass is 10.1. The maximum atomic E-state index is 11.8. The Labute approximate surface area is 104 Å². The quantitative estimate of drug-likeness (QED) is 0.574. The van der Waals surface area contributed by atoms with Crippen LogP contribution in [-0.2, 0) is 10.0 Å². The zero-order valence-corrected chi connectivity index (χ0v) is 10.8. The molecule has 0 fully saturated rings. The zero-order chi connectivity index (χ0) is 14.0. The Morgan fingerprint density at radius 2 is 2.11 bits per heavy atom. The van der Waals surface area contributed by atoms with Crippen molar-refractivity contribution in [2.24, 2.45) is 5.73 Å². The van der Waals surface area contributed by atoms with Crippen molar-refractivity contribution in [1.82, 2.24) is 9.71 Å². The molecule has 1 heterocycles. The van der Waals surface area contributed by atoms with Crippen molar-refractivity contribution in [2.45, 2.75) is 24.3 Å². The molecule has 1 aromatic rings. The van der Waals surface area contributed by atoms with Gasteiger partial charge in [-0.15, -0.1) is 0 Å². The predicted molar refractivity (Wildman–Crippen MR) is 64.3 cm³/mol. The van der Waals surface area contributed by atoms with Crippen LogP contribution in [0.25, 0.3) is 0 Å². The molecule has 0 atom stereocenters. The Bertz CT molecular complexity index is 533. The van der Waals surface area contributed by atoms with E-state index in [0.29, 0.717) is 0 Å². The Kier molecular flexibility index (Phi) is 3.99. The van der Waals surface area contributed by atoms with E-state index in [1.165, 1.54) is 0 Å². The third kappa shape index (κ3) is 4.02. The molecule has 0 aliphatic heterocycles. The zero-order valence-electron chi connectivity index (χ0n) is 9.95. The summed E-state index contributed by atoms with van der Waals surface area (Å²) >= 11 is 0. The molecule has 9 heteroatoms. The van der Waals surface area contributed by atoms with Crippen LogP contribution in [0.1, 0.15) is 13.8 Å². The summed E-state index contributed by atoms with van der Waals surface area (Å²) in [6, 6.07) is 2.15. The summed E-state index contributed by atoms with van der Waals surface area (Å²) in [4.78, 5) is 13.0. The van der Waals surface area contributed by atoms with Crippen molar-refractivity contribution in [3.8, 4) is 0 Å². The highest BCUT2D eigenvalue weighted by Gasteiger charge is 2.21. The summed E-state index contributed by atoms with van der Waals surface area (Å²) in [5, 5.41) is 10.4. The van der Waals surface area contributed by atoms with Gasteiger partial charge >= 0.3 is 5.82 Å². The maximum Gasteiger partial charge on any atom is 0.363 e. The monoisotopic (exact) mass is 274 g/mol. The van der Waals surface area contributed by atoms with Crippen LogP contribution in [0.2, 0.25) is 0 Å². The van der Waals surface area contributed by atoms with Crippen molar-refractivity contribution in [1.29, 1.82) is 0 Å². The number of nitrogens with zero attached hydrogens (tertiary/aromatic N) is 2. The van der Waals surface area contributed by atoms with Gasteiger partial charge in [-0.1, -0.05) is 0 Å². The van der Waals surface area contributed by atoms with Crippen LogP contribution >= 0.6 is 0 Å². The second-order valence-corrected chi connectivity index (χ2v) is 6.19. The first-order valence-corrected chi connectivity index (χ1v) is 6.49. The van der Waals surface area contributed by atoms with Gasteiger partial charge in [0.15, 0.2) is 6.20 Å². The topological polar surface area (TPSA) is 128 Å². The molecule has 0 amide bonds. The summed E-state index contributed by atoms with van der Waals surface area (Å²) in [5.74, 6) is -0.409. The van der Waals surface area contributed by atoms with Gasteiger partial charge in [-0.3, -0.25) is 0 Å². The average Bonchev–Trinajstić information content (AvgIpc) is 2.26. The first-order valence-electron chi connectivity index (χ1n) is 5.01. The van der Waals surface area contributed by atoms with Crippen LogP contribution in [0.5, 0.6) is 0 Å². The molecule has 0 bridgehead atoms. The van der Waals surface area contributed by atoms with Crippen LogP contribution in [-0.4, -0.2) is 30.4 Å². The SMILES string of the molecule is CC(C)(N)CNS(=O)(=O)c1ccc([N+](=O)[O-])nc1. The summed E-state index contributed by atoms with van der Waals surface area (Å²) < 4.78 is 25.9. The lowest BCUT2D eigenvalue weighted by Gasteiger charge is -2.18. The highest BCUT2D eigenvalue weighted by molar-refractivity contribution is 7.89. The summed E-state index contributed by atoms with van der Waals surface area (Å²) in [7, 11) is -3.75. The molecule has 18 heavy (non-hydrogen) atoms. The predicted octanol–water partition coefficient (Wildman–Crippen LogP) is 0.00540. The van der Waals surface area contributed by atoms with Gasteiger partial charge in [-0.2, -0.15) is 0 Å². The standard InChI is InChI=1S/C9H14N4O4S/c1-9(2,10)6-12-18(16,17)7-3-4-8(11-5-7)13(14)15/h3-5,12H,6,10H2,1-2H3. The minimum atomic E-state index is -3.75. The largest absolute Gasteiger partial charge is 0.363 e. The smallest absolute Gasteiger partial charge is 0.358 e. The van der Waals surface area contributed by atoms with Gasteiger partial charge < -0.3 is 15.8 Å². The van der Waals surface area contributed by atoms with E-state index in [2.05, 4.69) is 9.71 Å². The minimum Gasteiger partial charge on any atom is -0.358 e. The molecule has 8 nitrogen and oxygen atoms in total. The normalized spacial score (nSPS) is 12.4. The first-order chi connectivity index (χ1) is 8.12. The molecular formula is C9H14N4O4S. The Morgan fingerprint density at radius 1 is 1.50 bits per heavy atom. The second kappa shape index (κ2) is 4.96. The van der Waals surface area contributed by atoms with E-state index in [1.807, 2.05) is 0 Å². The number of pyridine rings is 1. The van der Waals surface area contributed by atoms with Crippen LogP contribution < -0.4 is 10.5 Å². The Morgan fingerprint density at radius 3 is 2.50 bits per heavy atom. The molecule has 0 saturated heterocycles. The fourth-order valence-electron chi connectivity index (χ4n) is 1.00. The summed E-state index contributed by atoms with van der Waals surface area (Å²) in [5.41, 5.74) is 4.96. The molecule has 1 rings (SSSR count).